The Hall–Kier alpha value is -1.85. The van der Waals surface area contributed by atoms with Crippen LogP contribution in [-0.2, 0) is 16.6 Å². The number of fused-ring (bicyclic) bond motifs is 1. The maximum atomic E-state index is 13.0. The van der Waals surface area contributed by atoms with E-state index in [0.717, 1.165) is 43.2 Å². The Kier molecular flexibility index (Phi) is 4.61. The number of hydrogen-bond acceptors (Lipinski definition) is 3. The molecular weight excluding hydrogens is 376 g/mol. The molecule has 0 unspecified atom stereocenters. The van der Waals surface area contributed by atoms with E-state index in [4.69, 9.17) is 12.2 Å². The van der Waals surface area contributed by atoms with Crippen molar-refractivity contribution in [3.05, 3.63) is 29.3 Å². The highest BCUT2D eigenvalue weighted by molar-refractivity contribution is 5.69. The van der Waals surface area contributed by atoms with Gasteiger partial charge in [-0.1, -0.05) is 18.9 Å². The van der Waals surface area contributed by atoms with Gasteiger partial charge in [0.2, 0.25) is 0 Å². The van der Waals surface area contributed by atoms with Gasteiger partial charge in [-0.05, 0) is 75.6 Å². The fourth-order valence-electron chi connectivity index (χ4n) is 5.71. The number of rotatable bonds is 3. The number of hydrogen-bond donors (Lipinski definition) is 0. The predicted molar refractivity (Wildman–Crippen MR) is 107 cm³/mol. The highest BCUT2D eigenvalue weighted by Gasteiger charge is 2.55. The molecule has 2 bridgehead atoms. The lowest BCUT2D eigenvalue weighted by Crippen LogP contribution is -2.62. The second kappa shape index (κ2) is 7.44. The van der Waals surface area contributed by atoms with Gasteiger partial charge in [-0.3, -0.25) is 0 Å². The molecule has 0 N–H and O–H groups in total. The van der Waals surface area contributed by atoms with E-state index < -0.39 is 18.6 Å². The van der Waals surface area contributed by atoms with Crippen molar-refractivity contribution < 1.29 is 25.8 Å². The van der Waals surface area contributed by atoms with Crippen LogP contribution in [0.25, 0.3) is 0 Å². The van der Waals surface area contributed by atoms with Crippen molar-refractivity contribution >= 4 is 6.09 Å². The van der Waals surface area contributed by atoms with E-state index in [2.05, 4.69) is 0 Å². The second-order valence-electron chi connectivity index (χ2n) is 9.54. The molecule has 160 valence electrons. The van der Waals surface area contributed by atoms with E-state index in [1.165, 1.54) is 0 Å². The van der Waals surface area contributed by atoms with E-state index in [1.54, 1.807) is 12.1 Å². The zero-order valence-electron chi connectivity index (χ0n) is 19.3. The lowest BCUT2D eigenvalue weighted by atomic mass is 9.52. The second-order valence-corrected chi connectivity index (χ2v) is 9.54. The summed E-state index contributed by atoms with van der Waals surface area (Å²) in [5, 5.41) is 0. The maximum Gasteiger partial charge on any atom is 0.410 e. The van der Waals surface area contributed by atoms with Crippen LogP contribution < -0.4 is 4.74 Å². The molecule has 0 aromatic heterocycles. The third kappa shape index (κ3) is 3.82. The minimum absolute atomic E-state index is 0.0515. The predicted octanol–water partition coefficient (Wildman–Crippen LogP) is 5.32. The monoisotopic (exact) mass is 409 g/mol. The van der Waals surface area contributed by atoms with Crippen LogP contribution in [0.5, 0.6) is 5.75 Å². The fourth-order valence-corrected chi connectivity index (χ4v) is 5.71. The van der Waals surface area contributed by atoms with Crippen molar-refractivity contribution in [2.75, 3.05) is 13.1 Å². The van der Waals surface area contributed by atoms with Gasteiger partial charge in [-0.2, -0.15) is 0 Å². The number of ether oxygens (including phenoxy) is 2. The Morgan fingerprint density at radius 2 is 2.14 bits per heavy atom. The van der Waals surface area contributed by atoms with Gasteiger partial charge in [0, 0.05) is 18.0 Å². The SMILES string of the molecule is [2H]C([2H])(Oc1ccc2c(c1)[C@@]13CCCC[C@@H]1[C@H](C2)N(C(=O)OC(C)(C)C)CC3)C(F)F. The van der Waals surface area contributed by atoms with Gasteiger partial charge in [0.1, 0.15) is 17.9 Å². The average Bonchev–Trinajstić information content (AvgIpc) is 2.66. The molecule has 1 heterocycles. The van der Waals surface area contributed by atoms with E-state index in [9.17, 15) is 13.6 Å². The normalized spacial score (nSPS) is 30.1. The molecule has 29 heavy (non-hydrogen) atoms. The standard InChI is InChI=1S/C23H31F2NO3/c1-22(2,3)29-21(27)26-11-10-23-9-5-4-6-17(23)19(26)12-15-7-8-16(13-18(15)23)28-14-20(24)25/h7-8,13,17,19-20H,4-6,9-12,14H2,1-3H3/t17-,19+,23-/m1/s1/i14D2. The minimum Gasteiger partial charge on any atom is -0.488 e. The Bertz CT molecular complexity index is 858. The Morgan fingerprint density at radius 1 is 1.34 bits per heavy atom. The van der Waals surface area contributed by atoms with Crippen molar-refractivity contribution in [1.82, 2.24) is 4.90 Å². The first-order valence-corrected chi connectivity index (χ1v) is 10.5. The number of nitrogens with zero attached hydrogens (tertiary/aromatic N) is 1. The molecule has 1 aliphatic heterocycles. The number of alkyl halides is 2. The van der Waals surface area contributed by atoms with Crippen molar-refractivity contribution in [3.63, 3.8) is 0 Å². The lowest BCUT2D eigenvalue weighted by Gasteiger charge is -2.58. The number of halogens is 2. The third-order valence-electron chi connectivity index (χ3n) is 6.70. The topological polar surface area (TPSA) is 38.8 Å². The summed E-state index contributed by atoms with van der Waals surface area (Å²) in [6.07, 6.45) is 2.13. The zero-order valence-corrected chi connectivity index (χ0v) is 17.3. The van der Waals surface area contributed by atoms with Gasteiger partial charge in [0.05, 0.1) is 2.74 Å². The number of piperidine rings is 1. The Labute approximate surface area is 174 Å². The van der Waals surface area contributed by atoms with Gasteiger partial charge in [0.15, 0.2) is 0 Å². The third-order valence-corrected chi connectivity index (χ3v) is 6.70. The molecule has 1 aromatic rings. The van der Waals surface area contributed by atoms with Gasteiger partial charge in [-0.25, -0.2) is 13.6 Å². The van der Waals surface area contributed by atoms with Crippen LogP contribution in [0.3, 0.4) is 0 Å². The highest BCUT2D eigenvalue weighted by Crippen LogP contribution is 2.56. The van der Waals surface area contributed by atoms with Crippen LogP contribution in [0.15, 0.2) is 18.2 Å². The van der Waals surface area contributed by atoms with E-state index in [-0.39, 0.29) is 29.2 Å². The molecule has 0 spiro atoms. The first kappa shape index (κ1) is 18.0. The van der Waals surface area contributed by atoms with Crippen LogP contribution in [0.1, 0.15) is 66.7 Å². The molecule has 1 saturated heterocycles. The van der Waals surface area contributed by atoms with Crippen molar-refractivity contribution in [1.29, 1.82) is 0 Å². The smallest absolute Gasteiger partial charge is 0.410 e. The molecule has 0 radical (unpaired) electrons. The van der Waals surface area contributed by atoms with E-state index in [1.807, 2.05) is 31.7 Å². The number of benzene rings is 1. The zero-order chi connectivity index (χ0) is 22.6. The Morgan fingerprint density at radius 3 is 2.86 bits per heavy atom. The maximum absolute atomic E-state index is 13.0. The number of carbonyl (C=O) groups excluding carboxylic acids is 1. The largest absolute Gasteiger partial charge is 0.488 e. The van der Waals surface area contributed by atoms with Crippen molar-refractivity contribution in [2.24, 2.45) is 5.92 Å². The van der Waals surface area contributed by atoms with Gasteiger partial charge in [0.25, 0.3) is 6.43 Å². The number of carbonyl (C=O) groups is 1. The molecule has 4 rings (SSSR count). The van der Waals surface area contributed by atoms with Crippen LogP contribution in [-0.4, -0.2) is 42.2 Å². The van der Waals surface area contributed by atoms with Crippen LogP contribution in [0, 0.1) is 5.92 Å². The molecule has 4 nitrogen and oxygen atoms in total. The number of amides is 1. The number of likely N-dealkylation sites (tertiary alicyclic amines) is 1. The summed E-state index contributed by atoms with van der Waals surface area (Å²) in [4.78, 5) is 14.8. The van der Waals surface area contributed by atoms with Crippen LogP contribution >= 0.6 is 0 Å². The summed E-state index contributed by atoms with van der Waals surface area (Å²) in [7, 11) is 0. The average molecular weight is 410 g/mol. The molecule has 1 saturated carbocycles. The quantitative estimate of drug-likeness (QED) is 0.678. The lowest BCUT2D eigenvalue weighted by molar-refractivity contribution is -0.0349. The summed E-state index contributed by atoms with van der Waals surface area (Å²) in [5.74, 6) is 0.410. The molecule has 2 aliphatic carbocycles. The van der Waals surface area contributed by atoms with E-state index in [0.29, 0.717) is 13.0 Å². The summed E-state index contributed by atoms with van der Waals surface area (Å²) < 4.78 is 51.6. The first-order chi connectivity index (χ1) is 14.4. The molecule has 3 aliphatic rings. The van der Waals surface area contributed by atoms with Gasteiger partial charge < -0.3 is 14.4 Å². The fraction of sp³-hybridized carbons (Fsp3) is 0.696. The summed E-state index contributed by atoms with van der Waals surface area (Å²) in [6, 6.07) is 5.24. The van der Waals surface area contributed by atoms with Crippen molar-refractivity contribution in [3.8, 4) is 5.75 Å². The molecule has 2 fully saturated rings. The molecule has 1 aromatic carbocycles. The first-order valence-electron chi connectivity index (χ1n) is 11.5. The molecular formula is C23H31F2NO3. The van der Waals surface area contributed by atoms with Crippen LogP contribution in [0.4, 0.5) is 13.6 Å². The summed E-state index contributed by atoms with van der Waals surface area (Å²) >= 11 is 0. The molecule has 6 heteroatoms. The summed E-state index contributed by atoms with van der Waals surface area (Å²) in [5.41, 5.74) is 1.48. The molecule has 3 atom stereocenters. The van der Waals surface area contributed by atoms with Crippen molar-refractivity contribution in [2.45, 2.75) is 82.8 Å². The Balaban J connectivity index is 1.69. The van der Waals surface area contributed by atoms with E-state index >= 15 is 0 Å². The highest BCUT2D eigenvalue weighted by atomic mass is 19.3. The summed E-state index contributed by atoms with van der Waals surface area (Å²) in [6.45, 7) is 3.17. The van der Waals surface area contributed by atoms with Gasteiger partial charge in [-0.15, -0.1) is 0 Å². The minimum atomic E-state index is -3.23. The van der Waals surface area contributed by atoms with Gasteiger partial charge >= 0.3 is 6.09 Å². The van der Waals surface area contributed by atoms with Crippen LogP contribution in [0.2, 0.25) is 0 Å². The molecule has 1 amide bonds.